The second kappa shape index (κ2) is 4.89. The Labute approximate surface area is 116 Å². The summed E-state index contributed by atoms with van der Waals surface area (Å²) in [6.07, 6.45) is 0. The topological polar surface area (TPSA) is 49.4 Å². The molecule has 1 N–H and O–H groups in total. The van der Waals surface area contributed by atoms with E-state index in [2.05, 4.69) is 30.7 Å². The number of rotatable bonds is 5. The molecule has 4 nitrogen and oxygen atoms in total. The Kier molecular flexibility index (Phi) is 3.73. The predicted octanol–water partition coefficient (Wildman–Crippen LogP) is 1.96. The normalized spacial score (nSPS) is 25.5. The maximum absolute atomic E-state index is 12.1. The molecule has 0 heterocycles. The van der Waals surface area contributed by atoms with Crippen LogP contribution in [0.25, 0.3) is 0 Å². The molecule has 1 fully saturated rings. The van der Waals surface area contributed by atoms with Crippen molar-refractivity contribution in [1.82, 2.24) is 9.03 Å². The highest BCUT2D eigenvalue weighted by atomic mass is 32.2. The molecule has 106 valence electrons. The van der Waals surface area contributed by atoms with Crippen LogP contribution in [0.4, 0.5) is 0 Å². The fourth-order valence-electron chi connectivity index (χ4n) is 2.56. The van der Waals surface area contributed by atoms with Gasteiger partial charge in [-0.05, 0) is 11.0 Å². The van der Waals surface area contributed by atoms with E-state index in [1.165, 1.54) is 9.87 Å². The van der Waals surface area contributed by atoms with E-state index < -0.39 is 10.2 Å². The van der Waals surface area contributed by atoms with Crippen molar-refractivity contribution in [3.05, 3.63) is 35.9 Å². The Morgan fingerprint density at radius 3 is 2.37 bits per heavy atom. The predicted molar refractivity (Wildman–Crippen MR) is 77.1 cm³/mol. The van der Waals surface area contributed by atoms with Crippen molar-refractivity contribution in [2.45, 2.75) is 32.7 Å². The number of nitrogens with one attached hydrogen (secondary N) is 1. The molecule has 0 radical (unpaired) electrons. The molecule has 1 aliphatic carbocycles. The van der Waals surface area contributed by atoms with Crippen LogP contribution >= 0.6 is 0 Å². The fraction of sp³-hybridized carbons (Fsp3) is 0.571. The molecule has 1 aromatic rings. The lowest BCUT2D eigenvalue weighted by molar-refractivity contribution is 0.465. The van der Waals surface area contributed by atoms with Gasteiger partial charge in [-0.2, -0.15) is 17.4 Å². The Balaban J connectivity index is 2.16. The third kappa shape index (κ3) is 2.68. The van der Waals surface area contributed by atoms with Crippen LogP contribution < -0.4 is 4.72 Å². The third-order valence-electron chi connectivity index (χ3n) is 4.12. The van der Waals surface area contributed by atoms with Crippen molar-refractivity contribution in [2.24, 2.45) is 5.41 Å². The molecule has 1 saturated carbocycles. The molecule has 0 spiro atoms. The van der Waals surface area contributed by atoms with Gasteiger partial charge in [-0.3, -0.25) is 0 Å². The summed E-state index contributed by atoms with van der Waals surface area (Å²) < 4.78 is 28.3. The van der Waals surface area contributed by atoms with E-state index in [1.54, 1.807) is 7.05 Å². The lowest BCUT2D eigenvalue weighted by atomic mass is 10.0. The Bertz CT molecular complexity index is 540. The molecule has 0 saturated heterocycles. The van der Waals surface area contributed by atoms with E-state index in [-0.39, 0.29) is 17.4 Å². The Morgan fingerprint density at radius 2 is 1.84 bits per heavy atom. The molecule has 0 bridgehead atoms. The van der Waals surface area contributed by atoms with E-state index in [4.69, 9.17) is 0 Å². The molecular weight excluding hydrogens is 260 g/mol. The summed E-state index contributed by atoms with van der Waals surface area (Å²) in [6.45, 7) is 6.50. The standard InChI is InChI=1S/C14H22N2O2S/c1-5-16(4)19(17,18)15-13-12(14(13,2)3)11-9-7-6-8-10-11/h6-10,12-13,15H,5H2,1-4H3/t12-,13-/m1/s1. The smallest absolute Gasteiger partial charge is 0.198 e. The van der Waals surface area contributed by atoms with Gasteiger partial charge in [-0.25, -0.2) is 0 Å². The summed E-state index contributed by atoms with van der Waals surface area (Å²) in [5.74, 6) is 0.244. The summed E-state index contributed by atoms with van der Waals surface area (Å²) in [6, 6.07) is 10.0. The summed E-state index contributed by atoms with van der Waals surface area (Å²) >= 11 is 0. The minimum atomic E-state index is -3.38. The van der Waals surface area contributed by atoms with Gasteiger partial charge in [0.2, 0.25) is 0 Å². The van der Waals surface area contributed by atoms with Crippen LogP contribution in [-0.2, 0) is 10.2 Å². The first kappa shape index (κ1) is 14.5. The van der Waals surface area contributed by atoms with Crippen LogP contribution in [0.5, 0.6) is 0 Å². The van der Waals surface area contributed by atoms with Crippen molar-refractivity contribution >= 4 is 10.2 Å². The summed E-state index contributed by atoms with van der Waals surface area (Å²) in [5.41, 5.74) is 1.16. The zero-order chi connectivity index (χ0) is 14.3. The minimum Gasteiger partial charge on any atom is -0.198 e. The number of hydrogen-bond donors (Lipinski definition) is 1. The van der Waals surface area contributed by atoms with Gasteiger partial charge in [0, 0.05) is 25.6 Å². The lowest BCUT2D eigenvalue weighted by Gasteiger charge is -2.16. The Hall–Kier alpha value is -0.910. The summed E-state index contributed by atoms with van der Waals surface area (Å²) in [7, 11) is -1.78. The average molecular weight is 282 g/mol. The molecular formula is C14H22N2O2S. The highest BCUT2D eigenvalue weighted by Gasteiger charge is 2.59. The summed E-state index contributed by atoms with van der Waals surface area (Å²) in [4.78, 5) is 0. The monoisotopic (exact) mass is 282 g/mol. The maximum Gasteiger partial charge on any atom is 0.279 e. The highest BCUT2D eigenvalue weighted by Crippen LogP contribution is 2.58. The number of hydrogen-bond acceptors (Lipinski definition) is 2. The van der Waals surface area contributed by atoms with Crippen molar-refractivity contribution in [1.29, 1.82) is 0 Å². The van der Waals surface area contributed by atoms with Crippen molar-refractivity contribution in [3.8, 4) is 0 Å². The van der Waals surface area contributed by atoms with Gasteiger partial charge < -0.3 is 0 Å². The number of nitrogens with zero attached hydrogens (tertiary/aromatic N) is 1. The van der Waals surface area contributed by atoms with Gasteiger partial charge in [0.05, 0.1) is 0 Å². The zero-order valence-corrected chi connectivity index (χ0v) is 12.7. The van der Waals surface area contributed by atoms with E-state index in [9.17, 15) is 8.42 Å². The molecule has 19 heavy (non-hydrogen) atoms. The SMILES string of the molecule is CCN(C)S(=O)(=O)N[C@@H]1[C@@H](c2ccccc2)C1(C)C. The Morgan fingerprint density at radius 1 is 1.26 bits per heavy atom. The van der Waals surface area contributed by atoms with Crippen LogP contribution in [0.2, 0.25) is 0 Å². The van der Waals surface area contributed by atoms with Crippen molar-refractivity contribution in [2.75, 3.05) is 13.6 Å². The van der Waals surface area contributed by atoms with E-state index >= 15 is 0 Å². The second-order valence-electron chi connectivity index (χ2n) is 5.72. The first-order valence-corrected chi connectivity index (χ1v) is 8.03. The van der Waals surface area contributed by atoms with Crippen LogP contribution in [0.1, 0.15) is 32.3 Å². The van der Waals surface area contributed by atoms with E-state index in [0.29, 0.717) is 6.54 Å². The molecule has 0 aromatic heterocycles. The number of benzene rings is 1. The van der Waals surface area contributed by atoms with E-state index in [0.717, 1.165) is 0 Å². The van der Waals surface area contributed by atoms with E-state index in [1.807, 2.05) is 25.1 Å². The first-order valence-electron chi connectivity index (χ1n) is 6.59. The van der Waals surface area contributed by atoms with Gasteiger partial charge in [0.1, 0.15) is 0 Å². The van der Waals surface area contributed by atoms with Gasteiger partial charge in [-0.15, -0.1) is 0 Å². The van der Waals surface area contributed by atoms with Gasteiger partial charge in [-0.1, -0.05) is 51.1 Å². The molecule has 2 rings (SSSR count). The average Bonchev–Trinajstić information content (AvgIpc) is 2.90. The lowest BCUT2D eigenvalue weighted by Crippen LogP contribution is -2.40. The van der Waals surface area contributed by atoms with Gasteiger partial charge in [0.25, 0.3) is 10.2 Å². The molecule has 0 aliphatic heterocycles. The molecule has 0 amide bonds. The van der Waals surface area contributed by atoms with Gasteiger partial charge in [0.15, 0.2) is 0 Å². The highest BCUT2D eigenvalue weighted by molar-refractivity contribution is 7.87. The molecule has 1 aromatic carbocycles. The van der Waals surface area contributed by atoms with Gasteiger partial charge >= 0.3 is 0 Å². The van der Waals surface area contributed by atoms with Crippen LogP contribution in [0.15, 0.2) is 30.3 Å². The molecule has 0 unspecified atom stereocenters. The molecule has 2 atom stereocenters. The first-order chi connectivity index (χ1) is 8.80. The van der Waals surface area contributed by atoms with Crippen molar-refractivity contribution in [3.63, 3.8) is 0 Å². The quantitative estimate of drug-likeness (QED) is 0.897. The molecule has 1 aliphatic rings. The molecule has 5 heteroatoms. The van der Waals surface area contributed by atoms with Crippen LogP contribution in [-0.4, -0.2) is 32.4 Å². The van der Waals surface area contributed by atoms with Crippen LogP contribution in [0, 0.1) is 5.41 Å². The fourth-order valence-corrected chi connectivity index (χ4v) is 3.84. The zero-order valence-electron chi connectivity index (χ0n) is 11.9. The van der Waals surface area contributed by atoms with Crippen LogP contribution in [0.3, 0.4) is 0 Å². The third-order valence-corrected chi connectivity index (χ3v) is 5.75. The van der Waals surface area contributed by atoms with Crippen molar-refractivity contribution < 1.29 is 8.42 Å². The summed E-state index contributed by atoms with van der Waals surface area (Å²) in [5, 5.41) is 0. The largest absolute Gasteiger partial charge is 0.279 e. The second-order valence-corrected chi connectivity index (χ2v) is 7.53. The maximum atomic E-state index is 12.1. The minimum absolute atomic E-state index is 0.0334.